The van der Waals surface area contributed by atoms with Gasteiger partial charge in [0.15, 0.2) is 4.80 Å². The highest BCUT2D eigenvalue weighted by atomic mass is 35.5. The maximum atomic E-state index is 13.6. The van der Waals surface area contributed by atoms with Crippen molar-refractivity contribution in [2.45, 2.75) is 13.0 Å². The molecule has 0 bridgehead atoms. The smallest absolute Gasteiger partial charge is 0.271 e. The van der Waals surface area contributed by atoms with Crippen molar-refractivity contribution in [3.63, 3.8) is 0 Å². The average Bonchev–Trinajstić information content (AvgIpc) is 3.13. The second-order valence-corrected chi connectivity index (χ2v) is 9.49. The van der Waals surface area contributed by atoms with Gasteiger partial charge in [-0.1, -0.05) is 65.4 Å². The monoisotopic (exact) mass is 501 g/mol. The SMILES string of the molecule is CC1=C(C(=O)Nc2ccccc2)[C@@H](c2ccc(Cl)cc2)n2c(s/c(=C\c3cccc(O)c3)c2=O)=N1. The van der Waals surface area contributed by atoms with Crippen LogP contribution in [0.25, 0.3) is 6.08 Å². The minimum absolute atomic E-state index is 0.112. The van der Waals surface area contributed by atoms with Crippen LogP contribution < -0.4 is 20.2 Å². The number of anilines is 1. The standard InChI is InChI=1S/C27H20ClN3O3S/c1-16-23(25(33)30-20-7-3-2-4-8-20)24(18-10-12-19(28)13-11-18)31-26(34)22(35-27(31)29-16)15-17-6-5-9-21(32)14-17/h2-15,24,32H,1H3,(H,30,33)/b22-15-/t24-/m1/s1. The number of aromatic nitrogens is 1. The Labute approximate surface area is 209 Å². The van der Waals surface area contributed by atoms with Gasteiger partial charge in [0.1, 0.15) is 5.75 Å². The molecule has 0 aliphatic carbocycles. The predicted octanol–water partition coefficient (Wildman–Crippen LogP) is 4.23. The summed E-state index contributed by atoms with van der Waals surface area (Å²) < 4.78 is 2.00. The second kappa shape index (κ2) is 9.37. The van der Waals surface area contributed by atoms with Crippen LogP contribution in [0, 0.1) is 0 Å². The van der Waals surface area contributed by atoms with E-state index in [2.05, 4.69) is 10.3 Å². The molecule has 1 aromatic heterocycles. The Morgan fingerprint density at radius 3 is 2.54 bits per heavy atom. The second-order valence-electron chi connectivity index (χ2n) is 8.05. The number of nitrogens with zero attached hydrogens (tertiary/aromatic N) is 2. The molecule has 1 amide bonds. The Balaban J connectivity index is 1.68. The summed E-state index contributed by atoms with van der Waals surface area (Å²) in [4.78, 5) is 32.2. The molecular formula is C27H20ClN3O3S. The first-order valence-corrected chi connectivity index (χ1v) is 12.0. The van der Waals surface area contributed by atoms with Gasteiger partial charge in [0.2, 0.25) is 0 Å². The van der Waals surface area contributed by atoms with E-state index in [0.29, 0.717) is 36.9 Å². The molecule has 0 saturated carbocycles. The van der Waals surface area contributed by atoms with Crippen molar-refractivity contribution in [2.24, 2.45) is 4.99 Å². The molecule has 1 aliphatic rings. The minimum Gasteiger partial charge on any atom is -0.508 e. The summed E-state index contributed by atoms with van der Waals surface area (Å²) in [6.45, 7) is 1.77. The van der Waals surface area contributed by atoms with Gasteiger partial charge in [-0.25, -0.2) is 4.99 Å². The zero-order valence-electron chi connectivity index (χ0n) is 18.6. The number of carbonyl (C=O) groups is 1. The van der Waals surface area contributed by atoms with Crippen LogP contribution >= 0.6 is 22.9 Å². The van der Waals surface area contributed by atoms with Gasteiger partial charge >= 0.3 is 0 Å². The fourth-order valence-electron chi connectivity index (χ4n) is 4.06. The quantitative estimate of drug-likeness (QED) is 0.439. The third kappa shape index (κ3) is 4.56. The largest absolute Gasteiger partial charge is 0.508 e. The van der Waals surface area contributed by atoms with Gasteiger partial charge in [0, 0.05) is 10.7 Å². The van der Waals surface area contributed by atoms with Gasteiger partial charge < -0.3 is 10.4 Å². The lowest BCUT2D eigenvalue weighted by molar-refractivity contribution is -0.113. The van der Waals surface area contributed by atoms with Crippen LogP contribution in [0.2, 0.25) is 5.02 Å². The molecule has 2 N–H and O–H groups in total. The topological polar surface area (TPSA) is 83.7 Å². The number of benzene rings is 3. The van der Waals surface area contributed by atoms with E-state index in [1.54, 1.807) is 66.1 Å². The molecule has 174 valence electrons. The van der Waals surface area contributed by atoms with E-state index in [1.165, 1.54) is 11.3 Å². The van der Waals surface area contributed by atoms with Crippen LogP contribution in [0.4, 0.5) is 5.69 Å². The molecule has 35 heavy (non-hydrogen) atoms. The maximum Gasteiger partial charge on any atom is 0.271 e. The molecule has 6 nitrogen and oxygen atoms in total. The van der Waals surface area contributed by atoms with Crippen molar-refractivity contribution >= 4 is 40.6 Å². The molecule has 5 rings (SSSR count). The molecule has 0 fully saturated rings. The van der Waals surface area contributed by atoms with E-state index >= 15 is 0 Å². The van der Waals surface area contributed by atoms with Crippen LogP contribution in [-0.2, 0) is 4.79 Å². The molecule has 8 heteroatoms. The van der Waals surface area contributed by atoms with Crippen molar-refractivity contribution in [3.05, 3.63) is 126 Å². The highest BCUT2D eigenvalue weighted by molar-refractivity contribution is 7.07. The summed E-state index contributed by atoms with van der Waals surface area (Å²) in [7, 11) is 0. The molecule has 0 unspecified atom stereocenters. The lowest BCUT2D eigenvalue weighted by Gasteiger charge is -2.25. The maximum absolute atomic E-state index is 13.6. The van der Waals surface area contributed by atoms with Gasteiger partial charge in [-0.05, 0) is 60.5 Å². The summed E-state index contributed by atoms with van der Waals surface area (Å²) in [5.41, 5.74) is 2.72. The molecule has 4 aromatic rings. The highest BCUT2D eigenvalue weighted by Gasteiger charge is 2.32. The fourth-order valence-corrected chi connectivity index (χ4v) is 5.23. The van der Waals surface area contributed by atoms with Crippen LogP contribution in [-0.4, -0.2) is 15.6 Å². The third-order valence-electron chi connectivity index (χ3n) is 5.65. The third-order valence-corrected chi connectivity index (χ3v) is 6.89. The van der Waals surface area contributed by atoms with E-state index in [1.807, 2.05) is 30.3 Å². The normalized spacial score (nSPS) is 15.5. The van der Waals surface area contributed by atoms with Gasteiger partial charge in [0.05, 0.1) is 21.8 Å². The van der Waals surface area contributed by atoms with E-state index in [-0.39, 0.29) is 17.2 Å². The summed E-state index contributed by atoms with van der Waals surface area (Å²) >= 11 is 7.36. The number of rotatable bonds is 4. The molecular weight excluding hydrogens is 482 g/mol. The minimum atomic E-state index is -0.682. The zero-order chi connectivity index (χ0) is 24.5. The number of allylic oxidation sites excluding steroid dienone is 1. The summed E-state index contributed by atoms with van der Waals surface area (Å²) in [5, 5.41) is 13.3. The van der Waals surface area contributed by atoms with Crippen LogP contribution in [0.15, 0.2) is 99.9 Å². The van der Waals surface area contributed by atoms with E-state index in [9.17, 15) is 14.7 Å². The Hall–Kier alpha value is -3.94. The van der Waals surface area contributed by atoms with Gasteiger partial charge in [-0.2, -0.15) is 0 Å². The molecule has 1 atom stereocenters. The van der Waals surface area contributed by atoms with Crippen LogP contribution in [0.1, 0.15) is 24.1 Å². The first kappa shape index (κ1) is 22.8. The van der Waals surface area contributed by atoms with E-state index < -0.39 is 6.04 Å². The lowest BCUT2D eigenvalue weighted by Crippen LogP contribution is -2.40. The fraction of sp³-hybridized carbons (Fsp3) is 0.0741. The van der Waals surface area contributed by atoms with E-state index in [4.69, 9.17) is 11.6 Å². The van der Waals surface area contributed by atoms with Crippen molar-refractivity contribution < 1.29 is 9.90 Å². The number of phenols is 1. The number of hydrogen-bond donors (Lipinski definition) is 2. The number of nitrogens with one attached hydrogen (secondary N) is 1. The number of thiazole rings is 1. The number of aromatic hydroxyl groups is 1. The number of halogens is 1. The molecule has 1 aliphatic heterocycles. The van der Waals surface area contributed by atoms with Gasteiger partial charge in [-0.3, -0.25) is 14.2 Å². The Bertz CT molecular complexity index is 1640. The lowest BCUT2D eigenvalue weighted by atomic mass is 9.95. The molecule has 3 aromatic carbocycles. The molecule has 0 radical (unpaired) electrons. The summed E-state index contributed by atoms with van der Waals surface area (Å²) in [5.74, 6) is -0.221. The van der Waals surface area contributed by atoms with Crippen molar-refractivity contribution in [2.75, 3.05) is 5.32 Å². The number of amides is 1. The number of phenolic OH excluding ortho intramolecular Hbond substituents is 1. The number of fused-ring (bicyclic) bond motifs is 1. The summed E-state index contributed by atoms with van der Waals surface area (Å²) in [6.07, 6.45) is 1.71. The first-order valence-electron chi connectivity index (χ1n) is 10.8. The Morgan fingerprint density at radius 1 is 1.09 bits per heavy atom. The van der Waals surface area contributed by atoms with Gasteiger partial charge in [-0.15, -0.1) is 0 Å². The highest BCUT2D eigenvalue weighted by Crippen LogP contribution is 2.31. The van der Waals surface area contributed by atoms with E-state index in [0.717, 1.165) is 5.56 Å². The zero-order valence-corrected chi connectivity index (χ0v) is 20.2. The van der Waals surface area contributed by atoms with Crippen LogP contribution in [0.3, 0.4) is 0 Å². The number of para-hydroxylation sites is 1. The number of carbonyl (C=O) groups excluding carboxylic acids is 1. The Morgan fingerprint density at radius 2 is 1.83 bits per heavy atom. The first-order chi connectivity index (χ1) is 16.9. The average molecular weight is 502 g/mol. The van der Waals surface area contributed by atoms with Crippen LogP contribution in [0.5, 0.6) is 5.75 Å². The predicted molar refractivity (Wildman–Crippen MR) is 138 cm³/mol. The summed E-state index contributed by atoms with van der Waals surface area (Å²) in [6, 6.07) is 22.2. The number of hydrogen-bond acceptors (Lipinski definition) is 5. The van der Waals surface area contributed by atoms with Crippen molar-refractivity contribution in [3.8, 4) is 5.75 Å². The van der Waals surface area contributed by atoms with Crippen molar-refractivity contribution in [1.29, 1.82) is 0 Å². The molecule has 0 saturated heterocycles. The van der Waals surface area contributed by atoms with Crippen molar-refractivity contribution in [1.82, 2.24) is 4.57 Å². The Kier molecular flexibility index (Phi) is 6.11. The molecule has 0 spiro atoms. The van der Waals surface area contributed by atoms with Gasteiger partial charge in [0.25, 0.3) is 11.5 Å². The molecule has 2 heterocycles.